The highest BCUT2D eigenvalue weighted by molar-refractivity contribution is 5.86. The third-order valence-corrected chi connectivity index (χ3v) is 8.78. The van der Waals surface area contributed by atoms with Crippen molar-refractivity contribution < 1.29 is 0 Å². The van der Waals surface area contributed by atoms with Crippen molar-refractivity contribution >= 4 is 17.2 Å². The maximum absolute atomic E-state index is 2.51. The van der Waals surface area contributed by atoms with Crippen molar-refractivity contribution in [3.63, 3.8) is 0 Å². The van der Waals surface area contributed by atoms with Crippen LogP contribution in [0.4, 0.5) is 0 Å². The molecule has 0 heterocycles. The molecule has 0 nitrogen and oxygen atoms in total. The number of aryl methyl sites for hydroxylation is 1. The number of rotatable bonds is 3. The molecule has 2 aliphatic carbocycles. The SMILES string of the molecule is Cc1cc2c(cc1C(C)(C)C)=c1c(c(C3=CC=CC3)c(C)c(C(C)(C)C)c1=C(c1ccccc1)c1ccccc1)C=2. The van der Waals surface area contributed by atoms with Crippen LogP contribution in [0.15, 0.2) is 91.0 Å². The van der Waals surface area contributed by atoms with E-state index >= 15 is 0 Å². The Kier molecular flexibility index (Phi) is 6.57. The summed E-state index contributed by atoms with van der Waals surface area (Å²) in [6, 6.07) is 27.0. The maximum atomic E-state index is 2.51. The predicted molar refractivity (Wildman–Crippen MR) is 176 cm³/mol. The molecule has 0 aromatic heterocycles. The average molecular weight is 535 g/mol. The number of benzene rings is 4. The summed E-state index contributed by atoms with van der Waals surface area (Å²) in [6.45, 7) is 18.8. The van der Waals surface area contributed by atoms with E-state index in [0.29, 0.717) is 0 Å². The fourth-order valence-corrected chi connectivity index (χ4v) is 7.25. The fraction of sp³-hybridized carbons (Fsp3) is 0.268. The van der Waals surface area contributed by atoms with Gasteiger partial charge in [0.2, 0.25) is 0 Å². The Labute approximate surface area is 245 Å². The van der Waals surface area contributed by atoms with Crippen molar-refractivity contribution in [3.8, 4) is 0 Å². The Morgan fingerprint density at radius 1 is 0.732 bits per heavy atom. The van der Waals surface area contributed by atoms with E-state index in [4.69, 9.17) is 0 Å². The van der Waals surface area contributed by atoms with Crippen LogP contribution in [0.1, 0.15) is 92.5 Å². The van der Waals surface area contributed by atoms with Crippen LogP contribution in [0.25, 0.3) is 17.2 Å². The van der Waals surface area contributed by atoms with Gasteiger partial charge in [-0.2, -0.15) is 0 Å². The molecule has 0 spiro atoms. The van der Waals surface area contributed by atoms with E-state index in [9.17, 15) is 0 Å². The zero-order valence-electron chi connectivity index (χ0n) is 25.9. The van der Waals surface area contributed by atoms with Gasteiger partial charge in [-0.05, 0) is 120 Å². The van der Waals surface area contributed by atoms with E-state index in [-0.39, 0.29) is 10.8 Å². The summed E-state index contributed by atoms with van der Waals surface area (Å²) >= 11 is 0. The Bertz CT molecular complexity index is 1910. The van der Waals surface area contributed by atoms with Crippen molar-refractivity contribution in [3.05, 3.63) is 156 Å². The molecule has 6 rings (SSSR count). The van der Waals surface area contributed by atoms with Gasteiger partial charge in [-0.15, -0.1) is 0 Å². The second-order valence-corrected chi connectivity index (χ2v) is 13.9. The van der Waals surface area contributed by atoms with Gasteiger partial charge in [0.1, 0.15) is 0 Å². The molecule has 0 heteroatoms. The van der Waals surface area contributed by atoms with E-state index in [1.165, 1.54) is 76.5 Å². The quantitative estimate of drug-likeness (QED) is 0.217. The molecule has 0 bridgehead atoms. The summed E-state index contributed by atoms with van der Waals surface area (Å²) < 4.78 is 0. The first-order valence-corrected chi connectivity index (χ1v) is 15.0. The zero-order valence-corrected chi connectivity index (χ0v) is 25.9. The molecular weight excluding hydrogens is 492 g/mol. The lowest BCUT2D eigenvalue weighted by Gasteiger charge is -2.28. The molecule has 4 aromatic carbocycles. The Balaban J connectivity index is 2.01. The molecule has 41 heavy (non-hydrogen) atoms. The summed E-state index contributed by atoms with van der Waals surface area (Å²) in [5, 5.41) is 5.49. The van der Waals surface area contributed by atoms with Crippen molar-refractivity contribution in [1.82, 2.24) is 0 Å². The minimum absolute atomic E-state index is 0.0612. The van der Waals surface area contributed by atoms with Crippen molar-refractivity contribution in [1.29, 1.82) is 0 Å². The van der Waals surface area contributed by atoms with E-state index in [2.05, 4.69) is 152 Å². The molecule has 0 amide bonds. The van der Waals surface area contributed by atoms with E-state index < -0.39 is 0 Å². The number of fused-ring (bicyclic) bond motifs is 2. The van der Waals surface area contributed by atoms with Crippen LogP contribution < -0.4 is 10.4 Å². The Morgan fingerprint density at radius 2 is 1.34 bits per heavy atom. The van der Waals surface area contributed by atoms with Crippen LogP contribution in [0.5, 0.6) is 0 Å². The molecule has 0 fully saturated rings. The minimum atomic E-state index is -0.0646. The third kappa shape index (κ3) is 4.64. The molecule has 4 aromatic rings. The fourth-order valence-electron chi connectivity index (χ4n) is 7.25. The lowest BCUT2D eigenvalue weighted by atomic mass is 9.75. The molecule has 0 N–H and O–H groups in total. The molecule has 2 aliphatic rings. The van der Waals surface area contributed by atoms with E-state index in [1.54, 1.807) is 0 Å². The Morgan fingerprint density at radius 3 is 1.85 bits per heavy atom. The number of allylic oxidation sites excluding steroid dienone is 4. The minimum Gasteiger partial charge on any atom is -0.0801 e. The van der Waals surface area contributed by atoms with Gasteiger partial charge in [-0.3, -0.25) is 0 Å². The second kappa shape index (κ2) is 9.88. The van der Waals surface area contributed by atoms with Crippen molar-refractivity contribution in [2.45, 2.75) is 72.6 Å². The van der Waals surface area contributed by atoms with Gasteiger partial charge in [0.15, 0.2) is 0 Å². The van der Waals surface area contributed by atoms with Gasteiger partial charge >= 0.3 is 0 Å². The summed E-state index contributed by atoms with van der Waals surface area (Å²) in [5.41, 5.74) is 13.7. The van der Waals surface area contributed by atoms with Crippen LogP contribution in [0.2, 0.25) is 0 Å². The molecular formula is C41H42. The monoisotopic (exact) mass is 534 g/mol. The summed E-state index contributed by atoms with van der Waals surface area (Å²) in [4.78, 5) is 0. The van der Waals surface area contributed by atoms with Gasteiger partial charge in [-0.1, -0.05) is 127 Å². The predicted octanol–water partition coefficient (Wildman–Crippen LogP) is 8.92. The topological polar surface area (TPSA) is 0 Å². The van der Waals surface area contributed by atoms with Crippen molar-refractivity contribution in [2.24, 2.45) is 0 Å². The summed E-state index contributed by atoms with van der Waals surface area (Å²) in [5.74, 6) is 0. The molecule has 0 unspecified atom stereocenters. The number of hydrogen-bond donors (Lipinski definition) is 0. The molecule has 0 saturated heterocycles. The lowest BCUT2D eigenvalue weighted by Crippen LogP contribution is -2.30. The average Bonchev–Trinajstić information content (AvgIpc) is 3.56. The standard InChI is InChI=1S/C41H42/c1-26-23-31-24-33-35(28-21-15-16-22-28)27(2)39(41(6,7)8)38(37(33)32(31)25-34(26)40(3,4)5)36(29-17-11-9-12-18-29)30-19-13-10-14-20-30/h9-21,23-25H,22H2,1-8H3. The van der Waals surface area contributed by atoms with Gasteiger partial charge in [0, 0.05) is 0 Å². The van der Waals surface area contributed by atoms with Crippen LogP contribution >= 0.6 is 0 Å². The van der Waals surface area contributed by atoms with Gasteiger partial charge in [0.05, 0.1) is 0 Å². The first-order valence-electron chi connectivity index (χ1n) is 15.0. The highest BCUT2D eigenvalue weighted by atomic mass is 14.3. The summed E-state index contributed by atoms with van der Waals surface area (Å²) in [7, 11) is 0. The first kappa shape index (κ1) is 27.3. The first-order chi connectivity index (χ1) is 19.5. The molecule has 0 radical (unpaired) electrons. The molecule has 0 saturated carbocycles. The normalized spacial score (nSPS) is 14.0. The third-order valence-electron chi connectivity index (χ3n) is 8.78. The van der Waals surface area contributed by atoms with Crippen LogP contribution in [-0.4, -0.2) is 0 Å². The molecule has 0 atom stereocenters. The number of hydrogen-bond acceptors (Lipinski definition) is 0. The lowest BCUT2D eigenvalue weighted by molar-refractivity contribution is 0.580. The van der Waals surface area contributed by atoms with Crippen LogP contribution in [0.3, 0.4) is 0 Å². The van der Waals surface area contributed by atoms with E-state index in [0.717, 1.165) is 6.42 Å². The largest absolute Gasteiger partial charge is 0.0801 e. The molecule has 0 aliphatic heterocycles. The highest BCUT2D eigenvalue weighted by Crippen LogP contribution is 2.37. The Hall–Kier alpha value is -3.90. The van der Waals surface area contributed by atoms with Crippen molar-refractivity contribution in [2.75, 3.05) is 0 Å². The highest BCUT2D eigenvalue weighted by Gasteiger charge is 2.28. The van der Waals surface area contributed by atoms with E-state index in [1.807, 2.05) is 0 Å². The van der Waals surface area contributed by atoms with Gasteiger partial charge in [-0.25, -0.2) is 0 Å². The molecule has 206 valence electrons. The summed E-state index contributed by atoms with van der Waals surface area (Å²) in [6.07, 6.45) is 10.3. The van der Waals surface area contributed by atoms with Gasteiger partial charge < -0.3 is 0 Å². The zero-order chi connectivity index (χ0) is 29.1. The maximum Gasteiger partial charge on any atom is -0.00167 e. The van der Waals surface area contributed by atoms with Gasteiger partial charge in [0.25, 0.3) is 0 Å². The van der Waals surface area contributed by atoms with Crippen LogP contribution in [0, 0.1) is 24.3 Å². The van der Waals surface area contributed by atoms with Crippen LogP contribution in [-0.2, 0) is 10.8 Å². The smallest absolute Gasteiger partial charge is 0.00167 e. The second-order valence-electron chi connectivity index (χ2n) is 13.9.